The molecule has 5 nitrogen and oxygen atoms in total. The molecule has 0 bridgehead atoms. The van der Waals surface area contributed by atoms with Crippen molar-refractivity contribution in [3.8, 4) is 0 Å². The van der Waals surface area contributed by atoms with E-state index in [1.165, 1.54) is 0 Å². The minimum atomic E-state index is -4.04. The molecule has 0 spiro atoms. The SMILES string of the molecule is O=C(O)c1csc(S(=O)(=O)NCC(F)F)c1. The highest BCUT2D eigenvalue weighted by molar-refractivity contribution is 7.91. The summed E-state index contributed by atoms with van der Waals surface area (Å²) in [5, 5.41) is 9.68. The van der Waals surface area contributed by atoms with Gasteiger partial charge >= 0.3 is 5.97 Å². The fourth-order valence-corrected chi connectivity index (χ4v) is 3.02. The Morgan fingerprint density at radius 2 is 2.19 bits per heavy atom. The summed E-state index contributed by atoms with van der Waals surface area (Å²) in [6, 6.07) is 0.917. The molecule has 90 valence electrons. The molecule has 2 N–H and O–H groups in total. The molecule has 0 fully saturated rings. The van der Waals surface area contributed by atoms with Gasteiger partial charge in [0, 0.05) is 5.38 Å². The quantitative estimate of drug-likeness (QED) is 0.836. The summed E-state index contributed by atoms with van der Waals surface area (Å²) in [6.45, 7) is -0.997. The van der Waals surface area contributed by atoms with Crippen molar-refractivity contribution in [1.29, 1.82) is 0 Å². The first-order valence-corrected chi connectivity index (χ1v) is 6.29. The zero-order valence-electron chi connectivity index (χ0n) is 7.68. The lowest BCUT2D eigenvalue weighted by Crippen LogP contribution is -2.28. The highest BCUT2D eigenvalue weighted by atomic mass is 32.2. The van der Waals surface area contributed by atoms with Crippen molar-refractivity contribution in [3.63, 3.8) is 0 Å². The number of hydrogen-bond donors (Lipinski definition) is 2. The third kappa shape index (κ3) is 3.22. The molecule has 0 saturated carbocycles. The molecule has 0 atom stereocenters. The monoisotopic (exact) mass is 271 g/mol. The molecule has 0 aliphatic heterocycles. The third-order valence-electron chi connectivity index (χ3n) is 1.51. The standard InChI is InChI=1S/C7H7F2NO4S2/c8-5(9)2-10-16(13,14)6-1-4(3-15-6)7(11)12/h1,3,5,10H,2H2,(H,11,12). The maximum Gasteiger partial charge on any atom is 0.336 e. The molecule has 0 aliphatic carbocycles. The zero-order valence-corrected chi connectivity index (χ0v) is 9.32. The molecule has 16 heavy (non-hydrogen) atoms. The Morgan fingerprint density at radius 3 is 2.62 bits per heavy atom. The zero-order chi connectivity index (χ0) is 12.3. The molecule has 0 unspecified atom stereocenters. The normalized spacial score (nSPS) is 11.9. The topological polar surface area (TPSA) is 83.5 Å². The molecule has 1 heterocycles. The van der Waals surface area contributed by atoms with E-state index in [1.54, 1.807) is 4.72 Å². The minimum absolute atomic E-state index is 0.192. The van der Waals surface area contributed by atoms with E-state index in [0.29, 0.717) is 11.3 Å². The van der Waals surface area contributed by atoms with Crippen LogP contribution in [0.2, 0.25) is 0 Å². The van der Waals surface area contributed by atoms with E-state index >= 15 is 0 Å². The smallest absolute Gasteiger partial charge is 0.336 e. The summed E-state index contributed by atoms with van der Waals surface area (Å²) in [7, 11) is -4.04. The lowest BCUT2D eigenvalue weighted by molar-refractivity contribution is 0.0697. The molecule has 9 heteroatoms. The number of sulfonamides is 1. The van der Waals surface area contributed by atoms with E-state index in [1.807, 2.05) is 0 Å². The van der Waals surface area contributed by atoms with Crippen LogP contribution < -0.4 is 4.72 Å². The summed E-state index contributed by atoms with van der Waals surface area (Å²) in [5.41, 5.74) is -0.192. The van der Waals surface area contributed by atoms with Crippen molar-refractivity contribution >= 4 is 27.3 Å². The lowest BCUT2D eigenvalue weighted by atomic mass is 10.4. The van der Waals surface area contributed by atoms with Gasteiger partial charge in [-0.05, 0) is 6.07 Å². The van der Waals surface area contributed by atoms with E-state index in [9.17, 15) is 22.0 Å². The molecule has 0 saturated heterocycles. The molecule has 0 aromatic carbocycles. The van der Waals surface area contributed by atoms with Gasteiger partial charge < -0.3 is 5.11 Å². The molecule has 1 aromatic heterocycles. The fraction of sp³-hybridized carbons (Fsp3) is 0.286. The van der Waals surface area contributed by atoms with Crippen molar-refractivity contribution in [2.24, 2.45) is 0 Å². The highest BCUT2D eigenvalue weighted by Crippen LogP contribution is 2.20. The Hall–Kier alpha value is -1.06. The van der Waals surface area contributed by atoms with Gasteiger partial charge in [0.2, 0.25) is 10.0 Å². The second-order valence-electron chi connectivity index (χ2n) is 2.70. The summed E-state index contributed by atoms with van der Waals surface area (Å²) < 4.78 is 47.7. The number of alkyl halides is 2. The Kier molecular flexibility index (Phi) is 3.94. The van der Waals surface area contributed by atoms with Crippen molar-refractivity contribution in [1.82, 2.24) is 4.72 Å². The first-order chi connectivity index (χ1) is 7.33. The van der Waals surface area contributed by atoms with E-state index in [4.69, 9.17) is 5.11 Å². The summed E-state index contributed by atoms with van der Waals surface area (Å²) in [6.07, 6.45) is -2.80. The largest absolute Gasteiger partial charge is 0.478 e. The van der Waals surface area contributed by atoms with Gasteiger partial charge in [0.15, 0.2) is 0 Å². The fourth-order valence-electron chi connectivity index (χ4n) is 0.813. The van der Waals surface area contributed by atoms with Crippen LogP contribution in [0.25, 0.3) is 0 Å². The number of halogens is 2. The molecule has 0 amide bonds. The van der Waals surface area contributed by atoms with Gasteiger partial charge in [0.1, 0.15) is 4.21 Å². The Bertz CT molecular complexity index is 482. The van der Waals surface area contributed by atoms with Crippen LogP contribution in [0.3, 0.4) is 0 Å². The van der Waals surface area contributed by atoms with Gasteiger partial charge in [-0.25, -0.2) is 26.7 Å². The van der Waals surface area contributed by atoms with Crippen LogP contribution in [-0.2, 0) is 10.0 Å². The van der Waals surface area contributed by atoms with Crippen LogP contribution in [0.15, 0.2) is 15.7 Å². The van der Waals surface area contributed by atoms with Gasteiger partial charge in [0.05, 0.1) is 12.1 Å². The van der Waals surface area contributed by atoms with Crippen LogP contribution in [0.1, 0.15) is 10.4 Å². The van der Waals surface area contributed by atoms with Gasteiger partial charge in [-0.1, -0.05) is 0 Å². The van der Waals surface area contributed by atoms with Crippen molar-refractivity contribution in [2.45, 2.75) is 10.6 Å². The van der Waals surface area contributed by atoms with E-state index in [2.05, 4.69) is 0 Å². The lowest BCUT2D eigenvalue weighted by Gasteiger charge is -2.02. The first kappa shape index (κ1) is 13.0. The van der Waals surface area contributed by atoms with Crippen molar-refractivity contribution < 1.29 is 27.1 Å². The molecular weight excluding hydrogens is 264 g/mol. The summed E-state index contributed by atoms with van der Waals surface area (Å²) >= 11 is 0.660. The van der Waals surface area contributed by atoms with E-state index in [0.717, 1.165) is 11.4 Å². The van der Waals surface area contributed by atoms with Crippen molar-refractivity contribution in [2.75, 3.05) is 6.54 Å². The predicted molar refractivity (Wildman–Crippen MR) is 52.5 cm³/mol. The van der Waals surface area contributed by atoms with E-state index < -0.39 is 29.0 Å². The Labute approximate surface area is 93.8 Å². The number of rotatable bonds is 5. The molecule has 0 aliphatic rings. The van der Waals surface area contributed by atoms with E-state index in [-0.39, 0.29) is 9.77 Å². The summed E-state index contributed by atoms with van der Waals surface area (Å²) in [4.78, 5) is 10.5. The molecule has 0 radical (unpaired) electrons. The number of aromatic carboxylic acids is 1. The van der Waals surface area contributed by atoms with Crippen LogP contribution in [0.5, 0.6) is 0 Å². The second-order valence-corrected chi connectivity index (χ2v) is 5.61. The van der Waals surface area contributed by atoms with Gasteiger partial charge in [-0.2, -0.15) is 0 Å². The number of thiophene rings is 1. The second kappa shape index (κ2) is 4.85. The number of nitrogens with one attached hydrogen (secondary N) is 1. The Balaban J connectivity index is 2.86. The maximum atomic E-state index is 11.8. The van der Waals surface area contributed by atoms with Crippen molar-refractivity contribution in [3.05, 3.63) is 17.0 Å². The predicted octanol–water partition coefficient (Wildman–Crippen LogP) is 0.990. The number of hydrogen-bond acceptors (Lipinski definition) is 4. The third-order valence-corrected chi connectivity index (χ3v) is 4.38. The van der Waals surface area contributed by atoms with Crippen LogP contribution in [0, 0.1) is 0 Å². The molecule has 1 rings (SSSR count). The first-order valence-electron chi connectivity index (χ1n) is 3.92. The van der Waals surface area contributed by atoms with Crippen LogP contribution in [0.4, 0.5) is 8.78 Å². The molecular formula is C7H7F2NO4S2. The average molecular weight is 271 g/mol. The molecule has 1 aromatic rings. The Morgan fingerprint density at radius 1 is 1.56 bits per heavy atom. The average Bonchev–Trinajstić information content (AvgIpc) is 2.64. The maximum absolute atomic E-state index is 11.8. The highest BCUT2D eigenvalue weighted by Gasteiger charge is 2.19. The van der Waals surface area contributed by atoms with Gasteiger partial charge in [-0.3, -0.25) is 0 Å². The number of carboxylic acids is 1. The number of carboxylic acid groups (broad SMARTS) is 1. The summed E-state index contributed by atoms with van der Waals surface area (Å²) in [5.74, 6) is -1.27. The van der Waals surface area contributed by atoms with Crippen LogP contribution in [-0.4, -0.2) is 32.5 Å². The number of carbonyl (C=O) groups is 1. The van der Waals surface area contributed by atoms with Gasteiger partial charge in [-0.15, -0.1) is 11.3 Å². The van der Waals surface area contributed by atoms with Crippen LogP contribution >= 0.6 is 11.3 Å². The minimum Gasteiger partial charge on any atom is -0.478 e. The van der Waals surface area contributed by atoms with Gasteiger partial charge in [0.25, 0.3) is 6.43 Å².